The lowest BCUT2D eigenvalue weighted by Gasteiger charge is -2.02. The number of phenolic OH excluding ortho intramolecular Hbond substituents is 1. The largest absolute Gasteiger partial charge is 0.507 e. The van der Waals surface area contributed by atoms with Gasteiger partial charge < -0.3 is 14.6 Å². The van der Waals surface area contributed by atoms with Crippen molar-refractivity contribution in [2.24, 2.45) is 0 Å². The SMILES string of the molecule is COC(=O)c1ccc(C#CCOC(=O)c2ccccc2)cc1O. The van der Waals surface area contributed by atoms with E-state index in [4.69, 9.17) is 4.74 Å². The molecule has 0 radical (unpaired) electrons. The lowest BCUT2D eigenvalue weighted by atomic mass is 10.1. The van der Waals surface area contributed by atoms with Crippen molar-refractivity contribution in [2.75, 3.05) is 13.7 Å². The Hall–Kier alpha value is -3.26. The number of phenols is 1. The highest BCUT2D eigenvalue weighted by atomic mass is 16.5. The van der Waals surface area contributed by atoms with Crippen LogP contribution in [0.2, 0.25) is 0 Å². The Labute approximate surface area is 133 Å². The van der Waals surface area contributed by atoms with Crippen LogP contribution in [0, 0.1) is 11.8 Å². The maximum absolute atomic E-state index is 11.7. The van der Waals surface area contributed by atoms with Crippen molar-refractivity contribution < 1.29 is 24.2 Å². The minimum Gasteiger partial charge on any atom is -0.507 e. The minimum absolute atomic E-state index is 0.0635. The van der Waals surface area contributed by atoms with E-state index >= 15 is 0 Å². The first-order valence-corrected chi connectivity index (χ1v) is 6.74. The van der Waals surface area contributed by atoms with Crippen LogP contribution in [0.5, 0.6) is 5.75 Å². The zero-order chi connectivity index (χ0) is 16.7. The first kappa shape index (κ1) is 16.1. The Morgan fingerprint density at radius 3 is 2.48 bits per heavy atom. The molecule has 2 rings (SSSR count). The molecule has 0 saturated heterocycles. The number of ether oxygens (including phenoxy) is 2. The van der Waals surface area contributed by atoms with E-state index < -0.39 is 11.9 Å². The van der Waals surface area contributed by atoms with E-state index in [9.17, 15) is 14.7 Å². The topological polar surface area (TPSA) is 72.8 Å². The van der Waals surface area contributed by atoms with Gasteiger partial charge in [-0.1, -0.05) is 30.0 Å². The molecule has 0 spiro atoms. The fourth-order valence-corrected chi connectivity index (χ4v) is 1.79. The zero-order valence-electron chi connectivity index (χ0n) is 12.4. The molecule has 0 saturated carbocycles. The maximum Gasteiger partial charge on any atom is 0.341 e. The summed E-state index contributed by atoms with van der Waals surface area (Å²) in [4.78, 5) is 23.0. The van der Waals surface area contributed by atoms with Gasteiger partial charge in [0.15, 0.2) is 6.61 Å². The maximum atomic E-state index is 11.7. The first-order chi connectivity index (χ1) is 11.1. The Kier molecular flexibility index (Phi) is 5.37. The van der Waals surface area contributed by atoms with Gasteiger partial charge >= 0.3 is 11.9 Å². The molecule has 5 heteroatoms. The van der Waals surface area contributed by atoms with Gasteiger partial charge in [0.1, 0.15) is 11.3 Å². The van der Waals surface area contributed by atoms with Crippen LogP contribution in [-0.4, -0.2) is 30.8 Å². The molecule has 0 aliphatic carbocycles. The second-order valence-electron chi connectivity index (χ2n) is 4.47. The van der Waals surface area contributed by atoms with Crippen LogP contribution >= 0.6 is 0 Å². The third-order valence-electron chi connectivity index (χ3n) is 2.92. The second-order valence-corrected chi connectivity index (χ2v) is 4.47. The smallest absolute Gasteiger partial charge is 0.341 e. The standard InChI is InChI=1S/C18H14O5/c1-22-18(21)15-10-9-13(12-16(15)19)6-5-11-23-17(20)14-7-3-2-4-8-14/h2-4,7-10,12,19H,11H2,1H3. The highest BCUT2D eigenvalue weighted by molar-refractivity contribution is 5.92. The summed E-state index contributed by atoms with van der Waals surface area (Å²) >= 11 is 0. The normalized spacial score (nSPS) is 9.43. The lowest BCUT2D eigenvalue weighted by molar-refractivity contribution is 0.0554. The number of carbonyl (C=O) groups excluding carboxylic acids is 2. The van der Waals surface area contributed by atoms with Gasteiger partial charge in [-0.15, -0.1) is 0 Å². The first-order valence-electron chi connectivity index (χ1n) is 6.74. The van der Waals surface area contributed by atoms with Gasteiger partial charge in [0.25, 0.3) is 0 Å². The Morgan fingerprint density at radius 1 is 1.09 bits per heavy atom. The van der Waals surface area contributed by atoms with Gasteiger partial charge in [-0.05, 0) is 30.3 Å². The Balaban J connectivity index is 1.96. The fourth-order valence-electron chi connectivity index (χ4n) is 1.79. The van der Waals surface area contributed by atoms with Crippen molar-refractivity contribution in [2.45, 2.75) is 0 Å². The zero-order valence-corrected chi connectivity index (χ0v) is 12.4. The van der Waals surface area contributed by atoms with E-state index in [0.717, 1.165) is 0 Å². The number of esters is 2. The number of methoxy groups -OCH3 is 1. The van der Waals surface area contributed by atoms with E-state index in [1.807, 2.05) is 0 Å². The molecule has 0 aliphatic rings. The highest BCUT2D eigenvalue weighted by Crippen LogP contribution is 2.19. The van der Waals surface area contributed by atoms with Gasteiger partial charge in [0, 0.05) is 5.56 Å². The van der Waals surface area contributed by atoms with E-state index in [2.05, 4.69) is 16.6 Å². The monoisotopic (exact) mass is 310 g/mol. The Morgan fingerprint density at radius 2 is 1.83 bits per heavy atom. The lowest BCUT2D eigenvalue weighted by Crippen LogP contribution is -2.04. The number of benzene rings is 2. The average Bonchev–Trinajstić information content (AvgIpc) is 2.58. The van der Waals surface area contributed by atoms with Crippen LogP contribution in [0.3, 0.4) is 0 Å². The molecule has 2 aromatic carbocycles. The molecule has 0 fully saturated rings. The molecule has 2 aromatic rings. The number of hydrogen-bond acceptors (Lipinski definition) is 5. The quantitative estimate of drug-likeness (QED) is 0.696. The van der Waals surface area contributed by atoms with E-state index in [0.29, 0.717) is 11.1 Å². The van der Waals surface area contributed by atoms with E-state index in [-0.39, 0.29) is 17.9 Å². The highest BCUT2D eigenvalue weighted by Gasteiger charge is 2.10. The molecule has 0 bridgehead atoms. The van der Waals surface area contributed by atoms with Crippen molar-refractivity contribution in [3.8, 4) is 17.6 Å². The van der Waals surface area contributed by atoms with Gasteiger partial charge in [-0.25, -0.2) is 9.59 Å². The molecule has 0 atom stereocenters. The van der Waals surface area contributed by atoms with Crippen LogP contribution in [0.4, 0.5) is 0 Å². The molecule has 0 amide bonds. The second kappa shape index (κ2) is 7.66. The summed E-state index contributed by atoms with van der Waals surface area (Å²) in [5.74, 6) is 4.11. The van der Waals surface area contributed by atoms with Crippen LogP contribution in [-0.2, 0) is 9.47 Å². The number of aromatic hydroxyl groups is 1. The number of carbonyl (C=O) groups is 2. The van der Waals surface area contributed by atoms with Crippen molar-refractivity contribution in [1.29, 1.82) is 0 Å². The minimum atomic E-state index is -0.626. The summed E-state index contributed by atoms with van der Waals surface area (Å²) in [6.07, 6.45) is 0. The predicted octanol–water partition coefficient (Wildman–Crippen LogP) is 2.39. The number of hydrogen-bond donors (Lipinski definition) is 1. The summed E-state index contributed by atoms with van der Waals surface area (Å²) in [6, 6.07) is 12.9. The molecule has 0 aromatic heterocycles. The van der Waals surface area contributed by atoms with Crippen molar-refractivity contribution >= 4 is 11.9 Å². The van der Waals surface area contributed by atoms with Crippen LogP contribution in [0.1, 0.15) is 26.3 Å². The van der Waals surface area contributed by atoms with Crippen LogP contribution in [0.25, 0.3) is 0 Å². The third-order valence-corrected chi connectivity index (χ3v) is 2.92. The van der Waals surface area contributed by atoms with Gasteiger partial charge in [0.2, 0.25) is 0 Å². The summed E-state index contributed by atoms with van der Waals surface area (Å²) in [5, 5.41) is 9.73. The molecule has 1 N–H and O–H groups in total. The Bertz CT molecular complexity index is 769. The van der Waals surface area contributed by atoms with Crippen molar-refractivity contribution in [1.82, 2.24) is 0 Å². The van der Waals surface area contributed by atoms with Gasteiger partial charge in [-0.2, -0.15) is 0 Å². The van der Waals surface area contributed by atoms with Gasteiger partial charge in [0.05, 0.1) is 12.7 Å². The predicted molar refractivity (Wildman–Crippen MR) is 83.0 cm³/mol. The summed E-state index contributed by atoms with van der Waals surface area (Å²) in [5.41, 5.74) is 1.01. The molecule has 5 nitrogen and oxygen atoms in total. The molecule has 0 aliphatic heterocycles. The van der Waals surface area contributed by atoms with Crippen molar-refractivity contribution in [3.63, 3.8) is 0 Å². The summed E-state index contributed by atoms with van der Waals surface area (Å²) < 4.78 is 9.54. The van der Waals surface area contributed by atoms with Gasteiger partial charge in [-0.3, -0.25) is 0 Å². The molecular formula is C18H14O5. The molecule has 116 valence electrons. The molecular weight excluding hydrogens is 296 g/mol. The number of rotatable bonds is 3. The van der Waals surface area contributed by atoms with Crippen LogP contribution < -0.4 is 0 Å². The molecule has 23 heavy (non-hydrogen) atoms. The fraction of sp³-hybridized carbons (Fsp3) is 0.111. The molecule has 0 heterocycles. The third kappa shape index (κ3) is 4.35. The summed E-state index contributed by atoms with van der Waals surface area (Å²) in [6.45, 7) is -0.0761. The van der Waals surface area contributed by atoms with Crippen molar-refractivity contribution in [3.05, 3.63) is 65.2 Å². The van der Waals surface area contributed by atoms with E-state index in [1.54, 1.807) is 36.4 Å². The average molecular weight is 310 g/mol. The molecule has 0 unspecified atom stereocenters. The van der Waals surface area contributed by atoms with Crippen LogP contribution in [0.15, 0.2) is 48.5 Å². The summed E-state index contributed by atoms with van der Waals surface area (Å²) in [7, 11) is 1.23. The van der Waals surface area contributed by atoms with E-state index in [1.165, 1.54) is 19.2 Å².